The van der Waals surface area contributed by atoms with Gasteiger partial charge in [-0.3, -0.25) is 9.69 Å². The molecular formula is C17H23NO2. The first-order valence-electron chi connectivity index (χ1n) is 7.72. The standard InChI is InChI=1S/C17H23NO2/c19-16(20)17(9-3-4-10-17)13-18-11-5-8-14-6-1-2-7-15(14)12-18/h1-2,6-7H,3-5,8-13H2,(H,19,20). The van der Waals surface area contributed by atoms with Crippen LogP contribution in [0.15, 0.2) is 24.3 Å². The molecule has 3 rings (SSSR count). The van der Waals surface area contributed by atoms with Crippen LogP contribution in [0.2, 0.25) is 0 Å². The Balaban J connectivity index is 1.76. The maximum absolute atomic E-state index is 11.7. The minimum Gasteiger partial charge on any atom is -0.481 e. The average Bonchev–Trinajstić information content (AvgIpc) is 2.81. The third-order valence-corrected chi connectivity index (χ3v) is 4.97. The van der Waals surface area contributed by atoms with Crippen LogP contribution in [0.3, 0.4) is 0 Å². The molecule has 1 aromatic rings. The summed E-state index contributed by atoms with van der Waals surface area (Å²) in [6.07, 6.45) is 6.08. The van der Waals surface area contributed by atoms with E-state index < -0.39 is 11.4 Å². The number of hydrogen-bond donors (Lipinski definition) is 1. The molecule has 0 unspecified atom stereocenters. The molecule has 0 atom stereocenters. The van der Waals surface area contributed by atoms with Crippen LogP contribution in [0.25, 0.3) is 0 Å². The minimum atomic E-state index is -0.590. The van der Waals surface area contributed by atoms with E-state index in [1.165, 1.54) is 11.1 Å². The van der Waals surface area contributed by atoms with Gasteiger partial charge in [-0.2, -0.15) is 0 Å². The van der Waals surface area contributed by atoms with Gasteiger partial charge >= 0.3 is 5.97 Å². The predicted octanol–water partition coefficient (Wildman–Crippen LogP) is 3.08. The average molecular weight is 273 g/mol. The zero-order valence-electron chi connectivity index (χ0n) is 12.0. The van der Waals surface area contributed by atoms with E-state index >= 15 is 0 Å². The van der Waals surface area contributed by atoms with E-state index in [4.69, 9.17) is 0 Å². The quantitative estimate of drug-likeness (QED) is 0.920. The number of hydrogen-bond acceptors (Lipinski definition) is 2. The smallest absolute Gasteiger partial charge is 0.310 e. The van der Waals surface area contributed by atoms with Gasteiger partial charge in [-0.25, -0.2) is 0 Å². The first-order valence-corrected chi connectivity index (χ1v) is 7.72. The molecule has 0 saturated heterocycles. The third-order valence-electron chi connectivity index (χ3n) is 4.97. The molecule has 2 aliphatic rings. The van der Waals surface area contributed by atoms with Crippen molar-refractivity contribution in [2.24, 2.45) is 5.41 Å². The molecule has 0 spiro atoms. The second-order valence-corrected chi connectivity index (χ2v) is 6.38. The minimum absolute atomic E-state index is 0.487. The topological polar surface area (TPSA) is 40.5 Å². The van der Waals surface area contributed by atoms with Gasteiger partial charge in [-0.15, -0.1) is 0 Å². The number of carboxylic acid groups (broad SMARTS) is 1. The number of nitrogens with zero attached hydrogens (tertiary/aromatic N) is 1. The molecule has 1 aliphatic heterocycles. The summed E-state index contributed by atoms with van der Waals surface area (Å²) in [4.78, 5) is 14.1. The lowest BCUT2D eigenvalue weighted by Crippen LogP contribution is -2.41. The Morgan fingerprint density at radius 2 is 1.85 bits per heavy atom. The number of aryl methyl sites for hydroxylation is 1. The molecule has 1 saturated carbocycles. The Morgan fingerprint density at radius 1 is 1.15 bits per heavy atom. The van der Waals surface area contributed by atoms with Crippen molar-refractivity contribution in [1.82, 2.24) is 4.90 Å². The van der Waals surface area contributed by atoms with Crippen molar-refractivity contribution < 1.29 is 9.90 Å². The Morgan fingerprint density at radius 3 is 2.55 bits per heavy atom. The second-order valence-electron chi connectivity index (χ2n) is 6.38. The highest BCUT2D eigenvalue weighted by Gasteiger charge is 2.42. The number of rotatable bonds is 3. The number of benzene rings is 1. The van der Waals surface area contributed by atoms with Gasteiger partial charge in [0.25, 0.3) is 0 Å². The van der Waals surface area contributed by atoms with Gasteiger partial charge < -0.3 is 5.11 Å². The van der Waals surface area contributed by atoms with Gasteiger partial charge in [0.2, 0.25) is 0 Å². The number of aliphatic carboxylic acids is 1. The van der Waals surface area contributed by atoms with Gasteiger partial charge in [-0.1, -0.05) is 37.1 Å². The van der Waals surface area contributed by atoms with Crippen molar-refractivity contribution in [1.29, 1.82) is 0 Å². The summed E-state index contributed by atoms with van der Waals surface area (Å²) in [5.41, 5.74) is 2.33. The molecule has 0 radical (unpaired) electrons. The van der Waals surface area contributed by atoms with E-state index in [2.05, 4.69) is 29.2 Å². The third kappa shape index (κ3) is 2.59. The summed E-state index contributed by atoms with van der Waals surface area (Å²) in [5.74, 6) is -0.590. The lowest BCUT2D eigenvalue weighted by atomic mass is 9.85. The largest absolute Gasteiger partial charge is 0.481 e. The second kappa shape index (κ2) is 5.57. The van der Waals surface area contributed by atoms with Gasteiger partial charge in [-0.05, 0) is 43.4 Å². The van der Waals surface area contributed by atoms with Crippen LogP contribution in [0.4, 0.5) is 0 Å². The molecule has 3 nitrogen and oxygen atoms in total. The van der Waals surface area contributed by atoms with E-state index in [9.17, 15) is 9.90 Å². The first kappa shape index (κ1) is 13.6. The number of carboxylic acids is 1. The SMILES string of the molecule is O=C(O)C1(CN2CCCc3ccccc3C2)CCCC1. The molecular weight excluding hydrogens is 250 g/mol. The van der Waals surface area contributed by atoms with E-state index in [1.54, 1.807) is 0 Å². The van der Waals surface area contributed by atoms with Crippen LogP contribution in [-0.2, 0) is 17.8 Å². The maximum atomic E-state index is 11.7. The van der Waals surface area contributed by atoms with Crippen molar-refractivity contribution >= 4 is 5.97 Å². The number of carbonyl (C=O) groups is 1. The normalized spacial score (nSPS) is 22.2. The van der Waals surface area contributed by atoms with Crippen molar-refractivity contribution in [2.45, 2.75) is 45.1 Å². The summed E-state index contributed by atoms with van der Waals surface area (Å²) in [5, 5.41) is 9.63. The zero-order chi connectivity index (χ0) is 14.0. The molecule has 108 valence electrons. The first-order chi connectivity index (χ1) is 9.70. The highest BCUT2D eigenvalue weighted by Crippen LogP contribution is 2.39. The Kier molecular flexibility index (Phi) is 3.79. The Labute approximate surface area is 120 Å². The van der Waals surface area contributed by atoms with Crippen molar-refractivity contribution in [2.75, 3.05) is 13.1 Å². The molecule has 1 N–H and O–H groups in total. The van der Waals surface area contributed by atoms with Crippen molar-refractivity contribution in [3.63, 3.8) is 0 Å². The van der Waals surface area contributed by atoms with Gasteiger partial charge in [0.15, 0.2) is 0 Å². The van der Waals surface area contributed by atoms with Crippen LogP contribution >= 0.6 is 0 Å². The fraction of sp³-hybridized carbons (Fsp3) is 0.588. The molecule has 0 bridgehead atoms. The summed E-state index contributed by atoms with van der Waals surface area (Å²) in [6, 6.07) is 8.59. The lowest BCUT2D eigenvalue weighted by molar-refractivity contribution is -0.150. The lowest BCUT2D eigenvalue weighted by Gasteiger charge is -2.31. The van der Waals surface area contributed by atoms with Crippen LogP contribution in [0.1, 0.15) is 43.2 Å². The summed E-state index contributed by atoms with van der Waals surface area (Å²) in [7, 11) is 0. The van der Waals surface area contributed by atoms with Crippen LogP contribution in [0.5, 0.6) is 0 Å². The van der Waals surface area contributed by atoms with Crippen LogP contribution in [0, 0.1) is 5.41 Å². The fourth-order valence-corrected chi connectivity index (χ4v) is 3.82. The Hall–Kier alpha value is -1.35. The van der Waals surface area contributed by atoms with Crippen LogP contribution in [-0.4, -0.2) is 29.1 Å². The summed E-state index contributed by atoms with van der Waals surface area (Å²) >= 11 is 0. The zero-order valence-corrected chi connectivity index (χ0v) is 12.0. The van der Waals surface area contributed by atoms with E-state index in [1.807, 2.05) is 0 Å². The molecule has 1 heterocycles. The van der Waals surface area contributed by atoms with Gasteiger partial charge in [0.05, 0.1) is 5.41 Å². The molecule has 3 heteroatoms. The van der Waals surface area contributed by atoms with Crippen molar-refractivity contribution in [3.8, 4) is 0 Å². The Bertz CT molecular complexity index is 492. The molecule has 1 aromatic carbocycles. The van der Waals surface area contributed by atoms with Crippen molar-refractivity contribution in [3.05, 3.63) is 35.4 Å². The summed E-state index contributed by atoms with van der Waals surface area (Å²) in [6.45, 7) is 2.64. The molecule has 1 fully saturated rings. The predicted molar refractivity (Wildman–Crippen MR) is 78.6 cm³/mol. The molecule has 1 aliphatic carbocycles. The monoisotopic (exact) mass is 273 g/mol. The highest BCUT2D eigenvalue weighted by atomic mass is 16.4. The number of fused-ring (bicyclic) bond motifs is 1. The highest BCUT2D eigenvalue weighted by molar-refractivity contribution is 5.75. The van der Waals surface area contributed by atoms with E-state index in [0.29, 0.717) is 0 Å². The fourth-order valence-electron chi connectivity index (χ4n) is 3.82. The molecule has 20 heavy (non-hydrogen) atoms. The molecule has 0 aromatic heterocycles. The van der Waals surface area contributed by atoms with E-state index in [0.717, 1.165) is 58.2 Å². The summed E-state index contributed by atoms with van der Waals surface area (Å²) < 4.78 is 0. The van der Waals surface area contributed by atoms with E-state index in [-0.39, 0.29) is 0 Å². The van der Waals surface area contributed by atoms with Gasteiger partial charge in [0.1, 0.15) is 0 Å². The van der Waals surface area contributed by atoms with Gasteiger partial charge in [0, 0.05) is 13.1 Å². The van der Waals surface area contributed by atoms with Crippen LogP contribution < -0.4 is 0 Å². The maximum Gasteiger partial charge on any atom is 0.310 e. The molecule has 0 amide bonds.